The van der Waals surface area contributed by atoms with Gasteiger partial charge in [0.05, 0.1) is 17.8 Å². The second kappa shape index (κ2) is 9.83. The molecule has 1 fully saturated rings. The maximum Gasteiger partial charge on any atom is 0.416 e. The molecule has 1 aromatic heterocycles. The molecule has 1 N–H and O–H groups in total. The third-order valence-electron chi connectivity index (χ3n) is 5.79. The molecule has 4 rings (SSSR count). The Bertz CT molecular complexity index is 1070. The van der Waals surface area contributed by atoms with E-state index in [0.29, 0.717) is 44.0 Å². The van der Waals surface area contributed by atoms with Crippen LogP contribution in [0.25, 0.3) is 0 Å². The molecule has 0 bridgehead atoms. The highest BCUT2D eigenvalue weighted by molar-refractivity contribution is 6.30. The predicted octanol–water partition coefficient (Wildman–Crippen LogP) is 3.53. The van der Waals surface area contributed by atoms with E-state index in [1.165, 1.54) is 11.0 Å². The third kappa shape index (κ3) is 5.64. The first-order chi connectivity index (χ1) is 16.1. The smallest absolute Gasteiger partial charge is 0.416 e. The van der Waals surface area contributed by atoms with E-state index >= 15 is 0 Å². The lowest BCUT2D eigenvalue weighted by atomic mass is 10.1. The number of aromatic nitrogens is 2. The van der Waals surface area contributed by atoms with E-state index in [4.69, 9.17) is 16.3 Å². The van der Waals surface area contributed by atoms with Crippen molar-refractivity contribution in [1.29, 1.82) is 0 Å². The average Bonchev–Trinajstić information content (AvgIpc) is 3.07. The summed E-state index contributed by atoms with van der Waals surface area (Å²) in [4.78, 5) is 28.8. The summed E-state index contributed by atoms with van der Waals surface area (Å²) < 4.78 is 46.0. The maximum absolute atomic E-state index is 13.0. The number of amides is 2. The van der Waals surface area contributed by atoms with Crippen molar-refractivity contribution in [3.05, 3.63) is 51.8 Å². The molecule has 3 heterocycles. The van der Waals surface area contributed by atoms with Crippen LogP contribution in [-0.2, 0) is 30.6 Å². The molecule has 2 amide bonds. The fraction of sp³-hybridized carbons (Fsp3) is 0.500. The van der Waals surface area contributed by atoms with Gasteiger partial charge in [-0.15, -0.1) is 0 Å². The lowest BCUT2D eigenvalue weighted by Crippen LogP contribution is -2.51. The van der Waals surface area contributed by atoms with Crippen LogP contribution < -0.4 is 5.32 Å². The molecule has 2 aliphatic rings. The molecule has 34 heavy (non-hydrogen) atoms. The van der Waals surface area contributed by atoms with Gasteiger partial charge in [-0.25, -0.2) is 4.79 Å². The van der Waals surface area contributed by atoms with Crippen molar-refractivity contribution in [2.24, 2.45) is 0 Å². The molecule has 0 radical (unpaired) electrons. The Morgan fingerprint density at radius 3 is 2.71 bits per heavy atom. The lowest BCUT2D eigenvalue weighted by molar-refractivity contribution is -0.137. The zero-order valence-corrected chi connectivity index (χ0v) is 19.3. The first kappa shape index (κ1) is 24.3. The number of nitrogens with one attached hydrogen (secondary N) is 1. The van der Waals surface area contributed by atoms with E-state index < -0.39 is 17.8 Å². The Hall–Kier alpha value is -2.79. The van der Waals surface area contributed by atoms with Crippen molar-refractivity contribution < 1.29 is 27.5 Å². The molecule has 1 atom stereocenters. The number of piperazine rings is 1. The number of alkyl halides is 3. The van der Waals surface area contributed by atoms with Crippen LogP contribution in [0.3, 0.4) is 0 Å². The van der Waals surface area contributed by atoms with Crippen molar-refractivity contribution in [3.8, 4) is 0 Å². The fourth-order valence-electron chi connectivity index (χ4n) is 4.14. The van der Waals surface area contributed by atoms with Gasteiger partial charge in [0.25, 0.3) is 5.91 Å². The number of nitrogens with zero attached hydrogens (tertiary/aromatic N) is 4. The summed E-state index contributed by atoms with van der Waals surface area (Å²) in [6.07, 6.45) is -4.62. The van der Waals surface area contributed by atoms with E-state index in [1.54, 1.807) is 15.6 Å². The number of halogens is 4. The van der Waals surface area contributed by atoms with Gasteiger partial charge < -0.3 is 19.9 Å². The normalized spacial score (nSPS) is 18.9. The molecule has 0 saturated carbocycles. The molecule has 0 aliphatic carbocycles. The van der Waals surface area contributed by atoms with Crippen molar-refractivity contribution in [2.45, 2.75) is 45.3 Å². The molecule has 2 aromatic rings. The summed E-state index contributed by atoms with van der Waals surface area (Å²) in [5.41, 5.74) is 0.271. The van der Waals surface area contributed by atoms with Crippen LogP contribution in [0.2, 0.25) is 5.02 Å². The van der Waals surface area contributed by atoms with Gasteiger partial charge in [-0.1, -0.05) is 11.6 Å². The highest BCUT2D eigenvalue weighted by Crippen LogP contribution is 2.32. The van der Waals surface area contributed by atoms with Crippen LogP contribution in [0, 0.1) is 0 Å². The number of benzene rings is 1. The molecular weight excluding hydrogens is 475 g/mol. The molecule has 0 spiro atoms. The Morgan fingerprint density at radius 1 is 1.18 bits per heavy atom. The summed E-state index contributed by atoms with van der Waals surface area (Å²) in [6.45, 7) is 4.69. The topological polar surface area (TPSA) is 79.7 Å². The second-order valence-corrected chi connectivity index (χ2v) is 8.96. The summed E-state index contributed by atoms with van der Waals surface area (Å²) in [6, 6.07) is 4.95. The van der Waals surface area contributed by atoms with Crippen LogP contribution in [0.1, 0.15) is 40.7 Å². The molecule has 1 aromatic carbocycles. The number of ether oxygens (including phenoxy) is 1. The van der Waals surface area contributed by atoms with Gasteiger partial charge in [0.15, 0.2) is 5.69 Å². The van der Waals surface area contributed by atoms with E-state index in [9.17, 15) is 22.8 Å². The highest BCUT2D eigenvalue weighted by atomic mass is 35.5. The standard InChI is InChI=1S/C22H25ClF3N5O3/c1-14-11-29(6-3-27-14)20(32)19-10-18-12-30(4-2-5-31(18)28-19)21(33)34-13-15-7-16(22(24,25)26)9-17(23)8-15/h7-10,14,27H,2-6,11-13H2,1H3. The number of carbonyl (C=O) groups excluding carboxylic acids is 2. The van der Waals surface area contributed by atoms with E-state index in [0.717, 1.165) is 18.7 Å². The molecule has 12 heteroatoms. The summed E-state index contributed by atoms with van der Waals surface area (Å²) in [5.74, 6) is -0.149. The van der Waals surface area contributed by atoms with Crippen LogP contribution in [0.5, 0.6) is 0 Å². The van der Waals surface area contributed by atoms with Gasteiger partial charge in [-0.2, -0.15) is 18.3 Å². The first-order valence-electron chi connectivity index (χ1n) is 11.0. The summed E-state index contributed by atoms with van der Waals surface area (Å²) >= 11 is 5.79. The molecule has 8 nitrogen and oxygen atoms in total. The molecule has 184 valence electrons. The number of rotatable bonds is 3. The second-order valence-electron chi connectivity index (χ2n) is 8.53. The van der Waals surface area contributed by atoms with Crippen LogP contribution >= 0.6 is 11.6 Å². The van der Waals surface area contributed by atoms with Crippen molar-refractivity contribution >= 4 is 23.6 Å². The first-order valence-corrected chi connectivity index (χ1v) is 11.4. The van der Waals surface area contributed by atoms with Gasteiger partial charge in [-0.3, -0.25) is 9.48 Å². The number of hydrogen-bond acceptors (Lipinski definition) is 5. The predicted molar refractivity (Wildman–Crippen MR) is 117 cm³/mol. The molecule has 1 unspecified atom stereocenters. The SMILES string of the molecule is CC1CN(C(=O)c2cc3n(n2)CCCN(C(=O)OCc2cc(Cl)cc(C(F)(F)F)c2)C3)CCN1. The fourth-order valence-corrected chi connectivity index (χ4v) is 4.39. The largest absolute Gasteiger partial charge is 0.445 e. The minimum Gasteiger partial charge on any atom is -0.445 e. The monoisotopic (exact) mass is 499 g/mol. The van der Waals surface area contributed by atoms with E-state index in [-0.39, 0.29) is 35.7 Å². The third-order valence-corrected chi connectivity index (χ3v) is 6.01. The van der Waals surface area contributed by atoms with Gasteiger partial charge in [0, 0.05) is 43.8 Å². The van der Waals surface area contributed by atoms with Gasteiger partial charge in [0.1, 0.15) is 6.61 Å². The van der Waals surface area contributed by atoms with Crippen LogP contribution in [0.15, 0.2) is 24.3 Å². The Morgan fingerprint density at radius 2 is 1.97 bits per heavy atom. The average molecular weight is 500 g/mol. The van der Waals surface area contributed by atoms with Crippen LogP contribution in [-0.4, -0.2) is 63.8 Å². The number of hydrogen-bond donors (Lipinski definition) is 1. The number of carbonyl (C=O) groups is 2. The lowest BCUT2D eigenvalue weighted by Gasteiger charge is -2.31. The van der Waals surface area contributed by atoms with Gasteiger partial charge in [-0.05, 0) is 43.2 Å². The summed E-state index contributed by atoms with van der Waals surface area (Å²) in [7, 11) is 0. The number of fused-ring (bicyclic) bond motifs is 1. The number of aryl methyl sites for hydroxylation is 1. The van der Waals surface area contributed by atoms with Crippen molar-refractivity contribution in [2.75, 3.05) is 26.2 Å². The Kier molecular flexibility index (Phi) is 7.04. The van der Waals surface area contributed by atoms with Gasteiger partial charge >= 0.3 is 12.3 Å². The Balaban J connectivity index is 1.41. The van der Waals surface area contributed by atoms with Gasteiger partial charge in [0.2, 0.25) is 0 Å². The zero-order valence-electron chi connectivity index (χ0n) is 18.6. The summed E-state index contributed by atoms with van der Waals surface area (Å²) in [5, 5.41) is 7.65. The maximum atomic E-state index is 13.0. The molecule has 1 saturated heterocycles. The van der Waals surface area contributed by atoms with Crippen LogP contribution in [0.4, 0.5) is 18.0 Å². The quantitative estimate of drug-likeness (QED) is 0.699. The molecule has 2 aliphatic heterocycles. The minimum absolute atomic E-state index is 0.0874. The van der Waals surface area contributed by atoms with Crippen molar-refractivity contribution in [1.82, 2.24) is 24.9 Å². The van der Waals surface area contributed by atoms with E-state index in [2.05, 4.69) is 10.4 Å². The Labute approximate surface area is 199 Å². The highest BCUT2D eigenvalue weighted by Gasteiger charge is 2.31. The molecular formula is C22H25ClF3N5O3. The minimum atomic E-state index is -4.55. The van der Waals surface area contributed by atoms with Crippen molar-refractivity contribution in [3.63, 3.8) is 0 Å². The van der Waals surface area contributed by atoms with E-state index in [1.807, 2.05) is 6.92 Å². The zero-order chi connectivity index (χ0) is 24.5.